The molecule has 0 fully saturated rings. The van der Waals surface area contributed by atoms with Crippen molar-refractivity contribution in [3.05, 3.63) is 49.9 Å². The summed E-state index contributed by atoms with van der Waals surface area (Å²) in [4.78, 5) is 18.2. The summed E-state index contributed by atoms with van der Waals surface area (Å²) in [5.74, 6) is 0.0139. The van der Waals surface area contributed by atoms with E-state index in [1.807, 2.05) is 13.0 Å². The molecule has 0 atom stereocenters. The lowest BCUT2D eigenvalue weighted by molar-refractivity contribution is -0.385. The van der Waals surface area contributed by atoms with Gasteiger partial charge in [0, 0.05) is 0 Å². The number of anilines is 2. The minimum atomic E-state index is -0.558. The third-order valence-corrected chi connectivity index (χ3v) is 3.09. The first-order valence-corrected chi connectivity index (χ1v) is 6.36. The second-order valence-corrected chi connectivity index (χ2v) is 4.89. The second-order valence-electron chi connectivity index (χ2n) is 4.14. The maximum absolute atomic E-state index is 11.1. The van der Waals surface area contributed by atoms with Gasteiger partial charge in [-0.25, -0.2) is 4.98 Å². The van der Waals surface area contributed by atoms with Crippen molar-refractivity contribution in [3.8, 4) is 0 Å². The van der Waals surface area contributed by atoms with Crippen LogP contribution in [0.3, 0.4) is 0 Å². The second kappa shape index (κ2) is 5.60. The Hall–Kier alpha value is -1.92. The monoisotopic (exact) mass is 312 g/mol. The molecule has 0 aliphatic heterocycles. The highest BCUT2D eigenvalue weighted by molar-refractivity contribution is 6.33. The molecule has 1 heterocycles. The molecule has 2 rings (SSSR count). The van der Waals surface area contributed by atoms with Gasteiger partial charge in [-0.3, -0.25) is 10.1 Å². The summed E-state index contributed by atoms with van der Waals surface area (Å²) in [5.41, 5.74) is 1.42. The molecule has 1 aromatic heterocycles. The number of nitro groups is 1. The lowest BCUT2D eigenvalue weighted by Crippen LogP contribution is -2.04. The summed E-state index contributed by atoms with van der Waals surface area (Å²) >= 11 is 11.8. The molecule has 20 heavy (non-hydrogen) atoms. The van der Waals surface area contributed by atoms with Gasteiger partial charge in [0.2, 0.25) is 11.1 Å². The summed E-state index contributed by atoms with van der Waals surface area (Å²) in [7, 11) is 0. The minimum Gasteiger partial charge on any atom is -0.333 e. The van der Waals surface area contributed by atoms with Crippen molar-refractivity contribution in [2.24, 2.45) is 0 Å². The molecule has 0 saturated carbocycles. The van der Waals surface area contributed by atoms with E-state index >= 15 is 0 Å². The van der Waals surface area contributed by atoms with Crippen molar-refractivity contribution in [1.29, 1.82) is 0 Å². The molecule has 0 spiro atoms. The minimum absolute atomic E-state index is 0.0139. The Balaban J connectivity index is 2.53. The highest BCUT2D eigenvalue weighted by Gasteiger charge is 2.22. The maximum atomic E-state index is 11.1. The van der Waals surface area contributed by atoms with Gasteiger partial charge >= 0.3 is 5.69 Å². The van der Waals surface area contributed by atoms with Gasteiger partial charge in [-0.2, -0.15) is 4.98 Å². The van der Waals surface area contributed by atoms with Crippen molar-refractivity contribution in [1.82, 2.24) is 9.97 Å². The fourth-order valence-corrected chi connectivity index (χ4v) is 2.08. The molecule has 2 aromatic rings. The zero-order valence-electron chi connectivity index (χ0n) is 10.6. The van der Waals surface area contributed by atoms with Crippen molar-refractivity contribution in [2.75, 3.05) is 5.32 Å². The molecular formula is C12H10Cl2N4O2. The van der Waals surface area contributed by atoms with Crippen LogP contribution in [-0.2, 0) is 0 Å². The van der Waals surface area contributed by atoms with Crippen molar-refractivity contribution in [2.45, 2.75) is 13.8 Å². The molecule has 8 heteroatoms. The first-order chi connectivity index (χ1) is 9.38. The van der Waals surface area contributed by atoms with Crippen LogP contribution in [0.5, 0.6) is 0 Å². The summed E-state index contributed by atoms with van der Waals surface area (Å²) in [6.45, 7) is 3.38. The molecule has 0 aliphatic rings. The van der Waals surface area contributed by atoms with Gasteiger partial charge in [0.05, 0.1) is 15.6 Å². The van der Waals surface area contributed by atoms with E-state index in [0.717, 1.165) is 5.56 Å². The Labute approximate surface area is 124 Å². The third kappa shape index (κ3) is 2.97. The Morgan fingerprint density at radius 2 is 1.95 bits per heavy atom. The molecule has 0 bridgehead atoms. The Morgan fingerprint density at radius 1 is 1.25 bits per heavy atom. The summed E-state index contributed by atoms with van der Waals surface area (Å²) in [5, 5.41) is 14.3. The van der Waals surface area contributed by atoms with Gasteiger partial charge in [-0.15, -0.1) is 0 Å². The number of benzene rings is 1. The van der Waals surface area contributed by atoms with Crippen LogP contribution in [-0.4, -0.2) is 14.9 Å². The predicted octanol–water partition coefficient (Wildman–Crippen LogP) is 4.05. The van der Waals surface area contributed by atoms with Crippen LogP contribution in [0.15, 0.2) is 18.2 Å². The van der Waals surface area contributed by atoms with Gasteiger partial charge in [-0.05, 0) is 43.1 Å². The SMILES string of the molecule is Cc1ccc(Cl)c(Nc2nc(Cl)nc(C)c2[N+](=O)[O-])c1. The number of aromatic nitrogens is 2. The number of nitrogens with zero attached hydrogens (tertiary/aromatic N) is 3. The zero-order chi connectivity index (χ0) is 14.9. The summed E-state index contributed by atoms with van der Waals surface area (Å²) in [6.07, 6.45) is 0. The average molecular weight is 313 g/mol. The van der Waals surface area contributed by atoms with Gasteiger partial charge in [0.1, 0.15) is 5.69 Å². The molecule has 0 aliphatic carbocycles. The van der Waals surface area contributed by atoms with E-state index < -0.39 is 4.92 Å². The van der Waals surface area contributed by atoms with E-state index in [4.69, 9.17) is 23.2 Å². The van der Waals surface area contributed by atoms with E-state index in [9.17, 15) is 10.1 Å². The van der Waals surface area contributed by atoms with Crippen LogP contribution < -0.4 is 5.32 Å². The summed E-state index contributed by atoms with van der Waals surface area (Å²) < 4.78 is 0. The van der Waals surface area contributed by atoms with E-state index in [1.165, 1.54) is 6.92 Å². The molecule has 0 unspecified atom stereocenters. The topological polar surface area (TPSA) is 81.0 Å². The molecule has 104 valence electrons. The largest absolute Gasteiger partial charge is 0.333 e. The highest BCUT2D eigenvalue weighted by atomic mass is 35.5. The lowest BCUT2D eigenvalue weighted by Gasteiger charge is -2.10. The van der Waals surface area contributed by atoms with E-state index in [1.54, 1.807) is 12.1 Å². The standard InChI is InChI=1S/C12H10Cl2N4O2/c1-6-3-4-8(13)9(5-6)16-11-10(18(19)20)7(2)15-12(14)17-11/h3-5H,1-2H3,(H,15,16,17). The Morgan fingerprint density at radius 3 is 2.60 bits per heavy atom. The number of halogens is 2. The van der Waals surface area contributed by atoms with Gasteiger partial charge < -0.3 is 5.32 Å². The smallest absolute Gasteiger partial charge is 0.332 e. The molecule has 1 N–H and O–H groups in total. The molecule has 0 saturated heterocycles. The fourth-order valence-electron chi connectivity index (χ4n) is 1.70. The quantitative estimate of drug-likeness (QED) is 0.525. The van der Waals surface area contributed by atoms with Crippen LogP contribution in [0.25, 0.3) is 0 Å². The van der Waals surface area contributed by atoms with Gasteiger partial charge in [0.25, 0.3) is 0 Å². The average Bonchev–Trinajstić information content (AvgIpc) is 2.32. The molecule has 0 amide bonds. The number of hydrogen-bond donors (Lipinski definition) is 1. The first kappa shape index (κ1) is 14.5. The zero-order valence-corrected chi connectivity index (χ0v) is 12.2. The van der Waals surface area contributed by atoms with Crippen LogP contribution in [0, 0.1) is 24.0 Å². The molecule has 6 nitrogen and oxygen atoms in total. The van der Waals surface area contributed by atoms with Crippen LogP contribution in [0.4, 0.5) is 17.2 Å². The number of nitrogens with one attached hydrogen (secondary N) is 1. The van der Waals surface area contributed by atoms with E-state index in [2.05, 4.69) is 15.3 Å². The highest BCUT2D eigenvalue weighted by Crippen LogP contribution is 2.32. The van der Waals surface area contributed by atoms with Crippen LogP contribution in [0.1, 0.15) is 11.3 Å². The molecule has 0 radical (unpaired) electrons. The fraction of sp³-hybridized carbons (Fsp3) is 0.167. The third-order valence-electron chi connectivity index (χ3n) is 2.59. The van der Waals surface area contributed by atoms with E-state index in [-0.39, 0.29) is 22.5 Å². The van der Waals surface area contributed by atoms with Crippen LogP contribution >= 0.6 is 23.2 Å². The summed E-state index contributed by atoms with van der Waals surface area (Å²) in [6, 6.07) is 5.29. The van der Waals surface area contributed by atoms with Gasteiger partial charge in [0.15, 0.2) is 0 Å². The van der Waals surface area contributed by atoms with Crippen LogP contribution in [0.2, 0.25) is 10.3 Å². The first-order valence-electron chi connectivity index (χ1n) is 5.60. The molecular weight excluding hydrogens is 303 g/mol. The number of rotatable bonds is 3. The lowest BCUT2D eigenvalue weighted by atomic mass is 10.2. The van der Waals surface area contributed by atoms with Crippen molar-refractivity contribution < 1.29 is 4.92 Å². The normalized spacial score (nSPS) is 10.4. The predicted molar refractivity (Wildman–Crippen MR) is 77.9 cm³/mol. The number of hydrogen-bond acceptors (Lipinski definition) is 5. The Bertz CT molecular complexity index is 691. The maximum Gasteiger partial charge on any atom is 0.332 e. The number of aryl methyl sites for hydroxylation is 2. The van der Waals surface area contributed by atoms with Crippen molar-refractivity contribution >= 4 is 40.4 Å². The molecule has 1 aromatic carbocycles. The van der Waals surface area contributed by atoms with Crippen molar-refractivity contribution in [3.63, 3.8) is 0 Å². The van der Waals surface area contributed by atoms with E-state index in [0.29, 0.717) is 10.7 Å². The Kier molecular flexibility index (Phi) is 4.06. The van der Waals surface area contributed by atoms with Gasteiger partial charge in [-0.1, -0.05) is 17.7 Å².